The highest BCUT2D eigenvalue weighted by atomic mass is 35.5. The van der Waals surface area contributed by atoms with E-state index < -0.39 is 0 Å². The summed E-state index contributed by atoms with van der Waals surface area (Å²) in [4.78, 5) is 7.61. The fourth-order valence-corrected chi connectivity index (χ4v) is 2.25. The average molecular weight is 229 g/mol. The van der Waals surface area contributed by atoms with Gasteiger partial charge in [-0.1, -0.05) is 12.2 Å². The second-order valence-corrected chi connectivity index (χ2v) is 4.75. The summed E-state index contributed by atoms with van der Waals surface area (Å²) >= 11 is 11.2. The molecule has 1 atom stereocenters. The van der Waals surface area contributed by atoms with E-state index in [1.807, 2.05) is 6.92 Å². The van der Waals surface area contributed by atoms with Crippen molar-refractivity contribution < 1.29 is 0 Å². The van der Waals surface area contributed by atoms with Crippen LogP contribution in [-0.4, -0.2) is 9.97 Å². The molecule has 2 nitrogen and oxygen atoms in total. The molecule has 1 aromatic rings. The standard InChI is InChI=1S/C10H13ClN2S/c1-6(11)9-12-8-5-3-2-4-7(8)10(14)13-9/h6H,2-5H2,1H3,(H,12,13,14). The molecule has 0 saturated carbocycles. The number of fused-ring (bicyclic) bond motifs is 1. The fourth-order valence-electron chi connectivity index (χ4n) is 1.83. The smallest absolute Gasteiger partial charge is 0.133 e. The van der Waals surface area contributed by atoms with Crippen molar-refractivity contribution in [2.24, 2.45) is 0 Å². The molecular formula is C10H13ClN2S. The first-order chi connectivity index (χ1) is 6.68. The Balaban J connectivity index is 2.52. The molecule has 0 aromatic carbocycles. The Morgan fingerprint density at radius 1 is 1.43 bits per heavy atom. The van der Waals surface area contributed by atoms with Crippen LogP contribution in [0.3, 0.4) is 0 Å². The van der Waals surface area contributed by atoms with Gasteiger partial charge in [-0.15, -0.1) is 11.6 Å². The van der Waals surface area contributed by atoms with Crippen LogP contribution in [0.25, 0.3) is 0 Å². The van der Waals surface area contributed by atoms with Crippen LogP contribution < -0.4 is 0 Å². The number of halogens is 1. The Labute approximate surface area is 93.7 Å². The molecule has 0 bridgehead atoms. The largest absolute Gasteiger partial charge is 0.346 e. The molecule has 0 amide bonds. The molecule has 14 heavy (non-hydrogen) atoms. The topological polar surface area (TPSA) is 28.7 Å². The average Bonchev–Trinajstić information content (AvgIpc) is 2.17. The zero-order chi connectivity index (χ0) is 10.1. The highest BCUT2D eigenvalue weighted by Crippen LogP contribution is 2.23. The maximum atomic E-state index is 5.98. The number of nitrogens with one attached hydrogen (secondary N) is 1. The number of nitrogens with zero attached hydrogens (tertiary/aromatic N) is 1. The molecule has 76 valence electrons. The van der Waals surface area contributed by atoms with Crippen molar-refractivity contribution in [3.63, 3.8) is 0 Å². The normalized spacial score (nSPS) is 17.6. The van der Waals surface area contributed by atoms with Crippen LogP contribution in [0.15, 0.2) is 0 Å². The molecule has 1 heterocycles. The summed E-state index contributed by atoms with van der Waals surface area (Å²) in [6.07, 6.45) is 4.60. The first kappa shape index (κ1) is 10.1. The van der Waals surface area contributed by atoms with Crippen LogP contribution in [0.5, 0.6) is 0 Å². The first-order valence-corrected chi connectivity index (χ1v) is 5.79. The summed E-state index contributed by atoms with van der Waals surface area (Å²) in [7, 11) is 0. The molecule has 1 aliphatic rings. The van der Waals surface area contributed by atoms with Crippen LogP contribution in [0.4, 0.5) is 0 Å². The minimum Gasteiger partial charge on any atom is -0.346 e. The lowest BCUT2D eigenvalue weighted by molar-refractivity contribution is 0.650. The molecule has 0 spiro atoms. The van der Waals surface area contributed by atoms with Crippen molar-refractivity contribution in [3.8, 4) is 0 Å². The van der Waals surface area contributed by atoms with E-state index in [1.165, 1.54) is 24.1 Å². The summed E-state index contributed by atoms with van der Waals surface area (Å²) in [5, 5.41) is -0.0936. The predicted octanol–water partition coefficient (Wildman–Crippen LogP) is 3.32. The molecule has 0 saturated heterocycles. The van der Waals surface area contributed by atoms with E-state index in [9.17, 15) is 0 Å². The predicted molar refractivity (Wildman–Crippen MR) is 60.3 cm³/mol. The van der Waals surface area contributed by atoms with E-state index in [4.69, 9.17) is 23.8 Å². The molecule has 4 heteroatoms. The zero-order valence-corrected chi connectivity index (χ0v) is 9.71. The third kappa shape index (κ3) is 1.84. The molecule has 1 unspecified atom stereocenters. The number of rotatable bonds is 1. The second-order valence-electron chi connectivity index (χ2n) is 3.71. The Hall–Kier alpha value is -0.410. The Kier molecular flexibility index (Phi) is 2.88. The van der Waals surface area contributed by atoms with Gasteiger partial charge in [-0.3, -0.25) is 0 Å². The summed E-state index contributed by atoms with van der Waals surface area (Å²) in [5.74, 6) is 0.803. The molecule has 1 N–H and O–H groups in total. The SMILES string of the molecule is CC(Cl)c1nc(=S)c2c([nH]1)CCCC2. The van der Waals surface area contributed by atoms with Crippen LogP contribution in [0, 0.1) is 4.64 Å². The van der Waals surface area contributed by atoms with E-state index in [2.05, 4.69) is 9.97 Å². The van der Waals surface area contributed by atoms with Gasteiger partial charge in [0.1, 0.15) is 10.5 Å². The molecule has 0 radical (unpaired) electrons. The maximum Gasteiger partial charge on any atom is 0.133 e. The molecule has 1 aromatic heterocycles. The fraction of sp³-hybridized carbons (Fsp3) is 0.600. The molecule has 2 rings (SSSR count). The quantitative estimate of drug-likeness (QED) is 0.590. The molecule has 0 fully saturated rings. The van der Waals surface area contributed by atoms with E-state index >= 15 is 0 Å². The van der Waals surface area contributed by atoms with Gasteiger partial charge in [0.2, 0.25) is 0 Å². The van der Waals surface area contributed by atoms with E-state index in [0.29, 0.717) is 0 Å². The summed E-state index contributed by atoms with van der Waals surface area (Å²) in [6, 6.07) is 0. The number of hydrogen-bond donors (Lipinski definition) is 1. The van der Waals surface area contributed by atoms with Gasteiger partial charge < -0.3 is 4.98 Å². The van der Waals surface area contributed by atoms with Gasteiger partial charge in [0.25, 0.3) is 0 Å². The number of aryl methyl sites for hydroxylation is 1. The van der Waals surface area contributed by atoms with Gasteiger partial charge in [-0.2, -0.15) is 0 Å². The van der Waals surface area contributed by atoms with Crippen molar-refractivity contribution in [1.82, 2.24) is 9.97 Å². The van der Waals surface area contributed by atoms with Crippen molar-refractivity contribution in [2.75, 3.05) is 0 Å². The van der Waals surface area contributed by atoms with Gasteiger partial charge in [-0.25, -0.2) is 4.98 Å². The minimum absolute atomic E-state index is 0.0936. The van der Waals surface area contributed by atoms with Gasteiger partial charge in [-0.05, 0) is 32.6 Å². The lowest BCUT2D eigenvalue weighted by atomic mass is 9.97. The monoisotopic (exact) mass is 228 g/mol. The lowest BCUT2D eigenvalue weighted by Crippen LogP contribution is -2.10. The van der Waals surface area contributed by atoms with Gasteiger partial charge >= 0.3 is 0 Å². The summed E-state index contributed by atoms with van der Waals surface area (Å²) in [6.45, 7) is 1.91. The van der Waals surface area contributed by atoms with Crippen molar-refractivity contribution in [2.45, 2.75) is 38.0 Å². The van der Waals surface area contributed by atoms with Gasteiger partial charge in [0.05, 0.1) is 5.38 Å². The number of H-pyrrole nitrogens is 1. The van der Waals surface area contributed by atoms with Gasteiger partial charge in [0, 0.05) is 11.3 Å². The van der Waals surface area contributed by atoms with Crippen LogP contribution in [0.2, 0.25) is 0 Å². The van der Waals surface area contributed by atoms with Crippen LogP contribution in [-0.2, 0) is 12.8 Å². The van der Waals surface area contributed by atoms with E-state index in [1.54, 1.807) is 0 Å². The number of hydrogen-bond acceptors (Lipinski definition) is 2. The third-order valence-corrected chi connectivity index (χ3v) is 3.15. The third-order valence-electron chi connectivity index (χ3n) is 2.60. The lowest BCUT2D eigenvalue weighted by Gasteiger charge is -2.16. The van der Waals surface area contributed by atoms with E-state index in [-0.39, 0.29) is 5.38 Å². The minimum atomic E-state index is -0.0936. The second kappa shape index (κ2) is 3.99. The first-order valence-electron chi connectivity index (χ1n) is 4.94. The van der Waals surface area contributed by atoms with Crippen molar-refractivity contribution in [1.29, 1.82) is 0 Å². The Bertz CT molecular complexity index is 398. The molecule has 0 aliphatic heterocycles. The Morgan fingerprint density at radius 2 is 2.14 bits per heavy atom. The van der Waals surface area contributed by atoms with Crippen LogP contribution >= 0.6 is 23.8 Å². The molecular weight excluding hydrogens is 216 g/mol. The maximum absolute atomic E-state index is 5.98. The summed E-state index contributed by atoms with van der Waals surface area (Å²) < 4.78 is 0.737. The van der Waals surface area contributed by atoms with E-state index in [0.717, 1.165) is 23.3 Å². The Morgan fingerprint density at radius 3 is 2.86 bits per heavy atom. The van der Waals surface area contributed by atoms with Gasteiger partial charge in [0.15, 0.2) is 0 Å². The highest BCUT2D eigenvalue weighted by Gasteiger charge is 2.14. The highest BCUT2D eigenvalue weighted by molar-refractivity contribution is 7.71. The zero-order valence-electron chi connectivity index (χ0n) is 8.14. The number of alkyl halides is 1. The number of aromatic nitrogens is 2. The molecule has 1 aliphatic carbocycles. The van der Waals surface area contributed by atoms with Crippen molar-refractivity contribution >= 4 is 23.8 Å². The summed E-state index contributed by atoms with van der Waals surface area (Å²) in [5.41, 5.74) is 2.48. The van der Waals surface area contributed by atoms with Crippen molar-refractivity contribution in [3.05, 3.63) is 21.7 Å². The van der Waals surface area contributed by atoms with Crippen LogP contribution in [0.1, 0.15) is 42.2 Å². The number of aromatic amines is 1.